The molecule has 0 saturated carbocycles. The van der Waals surface area contributed by atoms with E-state index < -0.39 is 0 Å². The van der Waals surface area contributed by atoms with E-state index in [1.807, 2.05) is 37.7 Å². The molecule has 3 nitrogen and oxygen atoms in total. The van der Waals surface area contributed by atoms with Crippen LogP contribution in [0, 0.1) is 4.77 Å². The highest BCUT2D eigenvalue weighted by atomic mass is 32.2. The number of ether oxygens (including phenoxy) is 1. The SMILES string of the molecule is CC(C)Oc1cccc2c1[nH]c(=S)n2CC1CSCCS1. The molecule has 3 rings (SSSR count). The fraction of sp³-hybridized carbons (Fsp3) is 0.533. The summed E-state index contributed by atoms with van der Waals surface area (Å²) in [5.41, 5.74) is 2.17. The second-order valence-corrected chi connectivity index (χ2v) is 8.37. The molecule has 1 aliphatic heterocycles. The first kappa shape index (κ1) is 15.3. The molecular weight excluding hydrogens is 320 g/mol. The molecule has 2 aromatic rings. The maximum atomic E-state index is 5.89. The van der Waals surface area contributed by atoms with Crippen LogP contribution in [0.5, 0.6) is 5.75 Å². The third kappa shape index (κ3) is 3.43. The fourth-order valence-corrected chi connectivity index (χ4v) is 5.46. The highest BCUT2D eigenvalue weighted by Gasteiger charge is 2.17. The highest BCUT2D eigenvalue weighted by Crippen LogP contribution is 2.29. The van der Waals surface area contributed by atoms with Crippen LogP contribution in [-0.4, -0.2) is 38.2 Å². The number of rotatable bonds is 4. The van der Waals surface area contributed by atoms with Crippen molar-refractivity contribution in [3.63, 3.8) is 0 Å². The zero-order chi connectivity index (χ0) is 14.8. The van der Waals surface area contributed by atoms with E-state index in [4.69, 9.17) is 17.0 Å². The molecule has 1 aromatic carbocycles. The lowest BCUT2D eigenvalue weighted by atomic mass is 10.3. The van der Waals surface area contributed by atoms with Gasteiger partial charge in [0.25, 0.3) is 0 Å². The van der Waals surface area contributed by atoms with Gasteiger partial charge < -0.3 is 14.3 Å². The Morgan fingerprint density at radius 2 is 2.29 bits per heavy atom. The third-order valence-electron chi connectivity index (χ3n) is 3.41. The minimum Gasteiger partial charge on any atom is -0.489 e. The summed E-state index contributed by atoms with van der Waals surface area (Å²) in [4.78, 5) is 3.33. The summed E-state index contributed by atoms with van der Waals surface area (Å²) < 4.78 is 8.90. The molecular formula is C15H20N2OS3. The second-order valence-electron chi connectivity index (χ2n) is 5.43. The molecule has 0 radical (unpaired) electrons. The summed E-state index contributed by atoms with van der Waals surface area (Å²) in [5, 5.41) is 0.643. The van der Waals surface area contributed by atoms with Crippen molar-refractivity contribution in [2.24, 2.45) is 0 Å². The number of hydrogen-bond donors (Lipinski definition) is 1. The lowest BCUT2D eigenvalue weighted by Crippen LogP contribution is -2.20. The number of hydrogen-bond acceptors (Lipinski definition) is 4. The molecule has 1 saturated heterocycles. The molecule has 1 atom stereocenters. The number of thioether (sulfide) groups is 2. The summed E-state index contributed by atoms with van der Waals surface area (Å²) in [6, 6.07) is 6.17. The van der Waals surface area contributed by atoms with Gasteiger partial charge in [-0.1, -0.05) is 6.07 Å². The van der Waals surface area contributed by atoms with Crippen LogP contribution in [0.15, 0.2) is 18.2 Å². The zero-order valence-electron chi connectivity index (χ0n) is 12.3. The van der Waals surface area contributed by atoms with E-state index >= 15 is 0 Å². The van der Waals surface area contributed by atoms with E-state index in [0.717, 1.165) is 28.1 Å². The molecule has 0 bridgehead atoms. The van der Waals surface area contributed by atoms with Gasteiger partial charge in [0.1, 0.15) is 11.3 Å². The van der Waals surface area contributed by atoms with Gasteiger partial charge in [0.2, 0.25) is 0 Å². The lowest BCUT2D eigenvalue weighted by Gasteiger charge is -2.21. The number of imidazole rings is 1. The van der Waals surface area contributed by atoms with Crippen LogP contribution in [0.1, 0.15) is 13.8 Å². The first-order chi connectivity index (χ1) is 10.1. The van der Waals surface area contributed by atoms with Crippen LogP contribution in [-0.2, 0) is 6.54 Å². The number of fused-ring (bicyclic) bond motifs is 1. The Hall–Kier alpha value is -0.590. The lowest BCUT2D eigenvalue weighted by molar-refractivity contribution is 0.245. The van der Waals surface area contributed by atoms with Gasteiger partial charge in [0.15, 0.2) is 4.77 Å². The summed E-state index contributed by atoms with van der Waals surface area (Å²) in [7, 11) is 0. The maximum absolute atomic E-state index is 5.89. The van der Waals surface area contributed by atoms with E-state index in [9.17, 15) is 0 Å². The number of para-hydroxylation sites is 1. The standard InChI is InChI=1S/C15H20N2OS3/c1-10(2)18-13-5-3-4-12-14(13)16-15(19)17(12)8-11-9-20-6-7-21-11/h3-5,10-11H,6-9H2,1-2H3,(H,16,19). The van der Waals surface area contributed by atoms with Crippen molar-refractivity contribution < 1.29 is 4.74 Å². The molecule has 2 heterocycles. The Bertz CT molecular complexity index is 671. The second kappa shape index (κ2) is 6.67. The van der Waals surface area contributed by atoms with Crippen LogP contribution >= 0.6 is 35.7 Å². The quantitative estimate of drug-likeness (QED) is 0.839. The van der Waals surface area contributed by atoms with Gasteiger partial charge in [0, 0.05) is 29.1 Å². The topological polar surface area (TPSA) is 29.9 Å². The summed E-state index contributed by atoms with van der Waals surface area (Å²) in [5.74, 6) is 4.61. The van der Waals surface area contributed by atoms with Crippen LogP contribution in [0.3, 0.4) is 0 Å². The molecule has 0 amide bonds. The first-order valence-corrected chi connectivity index (χ1v) is 9.84. The number of nitrogens with one attached hydrogen (secondary N) is 1. The molecule has 114 valence electrons. The van der Waals surface area contributed by atoms with Crippen molar-refractivity contribution in [1.29, 1.82) is 0 Å². The number of H-pyrrole nitrogens is 1. The smallest absolute Gasteiger partial charge is 0.178 e. The van der Waals surface area contributed by atoms with Crippen LogP contribution in [0.2, 0.25) is 0 Å². The van der Waals surface area contributed by atoms with Crippen molar-refractivity contribution in [1.82, 2.24) is 9.55 Å². The van der Waals surface area contributed by atoms with Crippen molar-refractivity contribution in [2.45, 2.75) is 31.7 Å². The van der Waals surface area contributed by atoms with E-state index in [1.54, 1.807) is 0 Å². The van der Waals surface area contributed by atoms with Crippen molar-refractivity contribution in [3.05, 3.63) is 23.0 Å². The predicted octanol–water partition coefficient (Wildman–Crippen LogP) is 4.33. The Morgan fingerprint density at radius 1 is 1.43 bits per heavy atom. The van der Waals surface area contributed by atoms with Gasteiger partial charge in [-0.25, -0.2) is 0 Å². The minimum atomic E-state index is 0.159. The maximum Gasteiger partial charge on any atom is 0.178 e. The van der Waals surface area contributed by atoms with Gasteiger partial charge >= 0.3 is 0 Å². The minimum absolute atomic E-state index is 0.159. The fourth-order valence-electron chi connectivity index (χ4n) is 2.53. The normalized spacial score (nSPS) is 19.3. The molecule has 21 heavy (non-hydrogen) atoms. The summed E-state index contributed by atoms with van der Waals surface area (Å²) in [6.07, 6.45) is 0.159. The Balaban J connectivity index is 1.95. The molecule has 0 spiro atoms. The van der Waals surface area contributed by atoms with Crippen LogP contribution in [0.25, 0.3) is 11.0 Å². The molecule has 1 aromatic heterocycles. The monoisotopic (exact) mass is 340 g/mol. The average Bonchev–Trinajstić information content (AvgIpc) is 2.77. The van der Waals surface area contributed by atoms with Crippen LogP contribution < -0.4 is 4.74 Å². The van der Waals surface area contributed by atoms with E-state index in [-0.39, 0.29) is 6.10 Å². The van der Waals surface area contributed by atoms with Gasteiger partial charge in [-0.05, 0) is 38.2 Å². The highest BCUT2D eigenvalue weighted by molar-refractivity contribution is 8.06. The summed E-state index contributed by atoms with van der Waals surface area (Å²) in [6.45, 7) is 5.06. The molecule has 0 aliphatic carbocycles. The van der Waals surface area contributed by atoms with E-state index in [1.165, 1.54) is 17.3 Å². The predicted molar refractivity (Wildman–Crippen MR) is 96.5 cm³/mol. The number of nitrogens with zero attached hydrogens (tertiary/aromatic N) is 1. The largest absolute Gasteiger partial charge is 0.489 e. The van der Waals surface area contributed by atoms with Crippen LogP contribution in [0.4, 0.5) is 0 Å². The van der Waals surface area contributed by atoms with Gasteiger partial charge in [0.05, 0.1) is 11.6 Å². The van der Waals surface area contributed by atoms with Crippen molar-refractivity contribution in [2.75, 3.05) is 17.3 Å². The molecule has 1 aliphatic rings. The number of benzene rings is 1. The number of aromatic nitrogens is 2. The van der Waals surface area contributed by atoms with E-state index in [2.05, 4.69) is 27.4 Å². The first-order valence-electron chi connectivity index (χ1n) is 7.22. The van der Waals surface area contributed by atoms with Gasteiger partial charge in [-0.2, -0.15) is 23.5 Å². The average molecular weight is 341 g/mol. The molecule has 1 N–H and O–H groups in total. The van der Waals surface area contributed by atoms with E-state index in [0.29, 0.717) is 5.25 Å². The zero-order valence-corrected chi connectivity index (χ0v) is 14.7. The molecule has 6 heteroatoms. The third-order valence-corrected chi connectivity index (χ3v) is 6.56. The number of aromatic amines is 1. The van der Waals surface area contributed by atoms with Gasteiger partial charge in [-0.3, -0.25) is 0 Å². The Labute approximate surface area is 138 Å². The van der Waals surface area contributed by atoms with Gasteiger partial charge in [-0.15, -0.1) is 0 Å². The van der Waals surface area contributed by atoms with Crippen molar-refractivity contribution >= 4 is 46.8 Å². The summed E-state index contributed by atoms with van der Waals surface area (Å²) >= 11 is 9.64. The molecule has 1 unspecified atom stereocenters. The Kier molecular flexibility index (Phi) is 4.86. The molecule has 1 fully saturated rings. The van der Waals surface area contributed by atoms with Crippen molar-refractivity contribution in [3.8, 4) is 5.75 Å². The Morgan fingerprint density at radius 3 is 3.00 bits per heavy atom.